The van der Waals surface area contributed by atoms with Gasteiger partial charge in [-0.05, 0) is 53.1 Å². The minimum Gasteiger partial charge on any atom is -0.531 e. The summed E-state index contributed by atoms with van der Waals surface area (Å²) in [6, 6.07) is 19.3. The van der Waals surface area contributed by atoms with Crippen molar-refractivity contribution in [2.24, 2.45) is 5.92 Å². The quantitative estimate of drug-likeness (QED) is 0.297. The fourth-order valence-electron chi connectivity index (χ4n) is 6.62. The number of aliphatic hydroxyl groups excluding tert-OH is 1. The third-order valence-corrected chi connectivity index (χ3v) is 14.4. The van der Waals surface area contributed by atoms with E-state index in [1.54, 1.807) is 4.90 Å². The fraction of sp³-hybridized carbons (Fsp3) is 0.441. The van der Waals surface area contributed by atoms with E-state index in [-0.39, 0.29) is 6.03 Å². The summed E-state index contributed by atoms with van der Waals surface area (Å²) in [5.74, 6) is 0.979. The molecule has 1 aliphatic heterocycles. The average molecular weight is 559 g/mol. The molecule has 1 heterocycles. The molecule has 0 radical (unpaired) electrons. The van der Waals surface area contributed by atoms with Gasteiger partial charge in [0.25, 0.3) is 8.32 Å². The van der Waals surface area contributed by atoms with E-state index in [2.05, 4.69) is 66.7 Å². The van der Waals surface area contributed by atoms with Gasteiger partial charge in [0.2, 0.25) is 0 Å². The highest BCUT2D eigenvalue weighted by Crippen LogP contribution is 2.46. The lowest BCUT2D eigenvalue weighted by Crippen LogP contribution is -2.57. The second-order valence-electron chi connectivity index (χ2n) is 12.3. The maximum absolute atomic E-state index is 14.4. The van der Waals surface area contributed by atoms with Gasteiger partial charge in [-0.25, -0.2) is 4.79 Å². The Labute approximate surface area is 242 Å². The number of benzene rings is 2. The van der Waals surface area contributed by atoms with Gasteiger partial charge < -0.3 is 9.53 Å². The summed E-state index contributed by atoms with van der Waals surface area (Å²) < 4.78 is 7.35. The number of amides is 2. The van der Waals surface area contributed by atoms with Gasteiger partial charge in [-0.2, -0.15) is 0 Å². The van der Waals surface area contributed by atoms with E-state index in [4.69, 9.17) is 4.43 Å². The second-order valence-corrected chi connectivity index (χ2v) is 17.6. The number of nitrogens with zero attached hydrogens (tertiary/aromatic N) is 2. The highest BCUT2D eigenvalue weighted by molar-refractivity contribution is 6.77. The monoisotopic (exact) mass is 558 g/mol. The summed E-state index contributed by atoms with van der Waals surface area (Å²) in [7, 11) is -2.47. The lowest BCUT2D eigenvalue weighted by atomic mass is 9.90. The number of allylic oxidation sites excluding steroid dienone is 4. The fourth-order valence-corrected chi connectivity index (χ4v) is 11.9. The SMILES string of the molecule is CC1C=CC=C(CC2=C(O[Si](C(C)C)(C(C)C)C(C)C)N(Cc3ccccc3)C(=O)N(c3ccccc3)C2O)C1. The lowest BCUT2D eigenvalue weighted by Gasteiger charge is -2.48. The molecule has 0 saturated heterocycles. The zero-order valence-corrected chi connectivity index (χ0v) is 26.2. The van der Waals surface area contributed by atoms with E-state index in [0.717, 1.165) is 17.6 Å². The first kappa shape index (κ1) is 29.9. The summed E-state index contributed by atoms with van der Waals surface area (Å²) in [4.78, 5) is 17.7. The van der Waals surface area contributed by atoms with Crippen molar-refractivity contribution in [2.45, 2.75) is 90.7 Å². The Balaban J connectivity index is 1.94. The van der Waals surface area contributed by atoms with Crippen molar-refractivity contribution >= 4 is 20.0 Å². The zero-order chi connectivity index (χ0) is 29.0. The van der Waals surface area contributed by atoms with E-state index in [1.165, 1.54) is 10.5 Å². The van der Waals surface area contributed by atoms with Crippen molar-refractivity contribution in [1.29, 1.82) is 0 Å². The van der Waals surface area contributed by atoms with Gasteiger partial charge in [-0.15, -0.1) is 0 Å². The summed E-state index contributed by atoms with van der Waals surface area (Å²) in [5, 5.41) is 12.0. The molecule has 5 nitrogen and oxygen atoms in total. The van der Waals surface area contributed by atoms with Crippen LogP contribution in [0.2, 0.25) is 16.6 Å². The Hall–Kier alpha value is -3.09. The summed E-state index contributed by atoms with van der Waals surface area (Å²) >= 11 is 0. The maximum atomic E-state index is 14.4. The molecule has 0 fully saturated rings. The van der Waals surface area contributed by atoms with Gasteiger partial charge in [0.1, 0.15) is 0 Å². The molecule has 0 saturated carbocycles. The highest BCUT2D eigenvalue weighted by atomic mass is 28.4. The molecule has 6 heteroatoms. The molecule has 2 atom stereocenters. The number of rotatable bonds is 10. The molecule has 2 aliphatic rings. The van der Waals surface area contributed by atoms with Crippen LogP contribution in [0.4, 0.5) is 10.5 Å². The number of aliphatic hydroxyl groups is 1. The normalized spacial score (nSPS) is 20.2. The van der Waals surface area contributed by atoms with Gasteiger partial charge in [0.05, 0.1) is 6.54 Å². The van der Waals surface area contributed by atoms with Crippen molar-refractivity contribution in [2.75, 3.05) is 4.90 Å². The van der Waals surface area contributed by atoms with Crippen LogP contribution in [0.3, 0.4) is 0 Å². The predicted octanol–water partition coefficient (Wildman–Crippen LogP) is 8.76. The van der Waals surface area contributed by atoms with Crippen LogP contribution in [0.25, 0.3) is 0 Å². The van der Waals surface area contributed by atoms with Gasteiger partial charge in [-0.1, -0.05) is 121 Å². The average Bonchev–Trinajstić information content (AvgIpc) is 2.91. The molecule has 0 bridgehead atoms. The number of anilines is 1. The number of hydrogen-bond donors (Lipinski definition) is 1. The van der Waals surface area contributed by atoms with Crippen molar-refractivity contribution in [3.05, 3.63) is 101 Å². The maximum Gasteiger partial charge on any atom is 0.333 e. The number of carbonyl (C=O) groups is 1. The van der Waals surface area contributed by atoms with Crippen molar-refractivity contribution < 1.29 is 14.3 Å². The molecule has 2 amide bonds. The summed E-state index contributed by atoms with van der Waals surface area (Å²) in [5.41, 5.74) is 4.62. The molecular formula is C34H46N2O3Si. The zero-order valence-electron chi connectivity index (χ0n) is 25.2. The molecule has 214 valence electrons. The van der Waals surface area contributed by atoms with E-state index in [0.29, 0.717) is 47.1 Å². The third-order valence-electron chi connectivity index (χ3n) is 8.48. The van der Waals surface area contributed by atoms with Crippen LogP contribution >= 0.6 is 0 Å². The van der Waals surface area contributed by atoms with Crippen LogP contribution in [-0.4, -0.2) is 30.6 Å². The number of para-hydroxylation sites is 1. The molecule has 2 aromatic rings. The van der Waals surface area contributed by atoms with Crippen LogP contribution in [0.15, 0.2) is 95.9 Å². The molecule has 0 spiro atoms. The van der Waals surface area contributed by atoms with Gasteiger partial charge in [-0.3, -0.25) is 9.80 Å². The van der Waals surface area contributed by atoms with Gasteiger partial charge >= 0.3 is 6.03 Å². The van der Waals surface area contributed by atoms with Gasteiger partial charge in [0, 0.05) is 11.3 Å². The van der Waals surface area contributed by atoms with E-state index < -0.39 is 14.5 Å². The first-order valence-corrected chi connectivity index (χ1v) is 16.9. The van der Waals surface area contributed by atoms with Crippen molar-refractivity contribution in [1.82, 2.24) is 4.90 Å². The largest absolute Gasteiger partial charge is 0.531 e. The van der Waals surface area contributed by atoms with Crippen LogP contribution < -0.4 is 4.90 Å². The Morgan fingerprint density at radius 3 is 2.05 bits per heavy atom. The molecular weight excluding hydrogens is 512 g/mol. The smallest absolute Gasteiger partial charge is 0.333 e. The number of hydrogen-bond acceptors (Lipinski definition) is 3. The van der Waals surface area contributed by atoms with E-state index >= 15 is 0 Å². The Morgan fingerprint density at radius 2 is 1.50 bits per heavy atom. The van der Waals surface area contributed by atoms with Gasteiger partial charge in [0.15, 0.2) is 12.1 Å². The Morgan fingerprint density at radius 1 is 0.925 bits per heavy atom. The Kier molecular flexibility index (Phi) is 9.42. The second kappa shape index (κ2) is 12.6. The van der Waals surface area contributed by atoms with Crippen LogP contribution in [0, 0.1) is 5.92 Å². The summed E-state index contributed by atoms with van der Waals surface area (Å²) in [6.45, 7) is 16.1. The highest BCUT2D eigenvalue weighted by Gasteiger charge is 2.51. The first-order valence-electron chi connectivity index (χ1n) is 14.7. The molecule has 40 heavy (non-hydrogen) atoms. The minimum atomic E-state index is -2.47. The van der Waals surface area contributed by atoms with Crippen LogP contribution in [-0.2, 0) is 11.0 Å². The van der Waals surface area contributed by atoms with Crippen molar-refractivity contribution in [3.8, 4) is 0 Å². The number of carbonyl (C=O) groups excluding carboxylic acids is 1. The van der Waals surface area contributed by atoms with Crippen LogP contribution in [0.1, 0.15) is 66.9 Å². The molecule has 4 rings (SSSR count). The van der Waals surface area contributed by atoms with E-state index in [1.807, 2.05) is 60.7 Å². The number of urea groups is 1. The minimum absolute atomic E-state index is 0.272. The van der Waals surface area contributed by atoms with Crippen molar-refractivity contribution in [3.63, 3.8) is 0 Å². The summed E-state index contributed by atoms with van der Waals surface area (Å²) in [6.07, 6.45) is 6.81. The predicted molar refractivity (Wildman–Crippen MR) is 167 cm³/mol. The molecule has 2 aromatic carbocycles. The third kappa shape index (κ3) is 5.98. The first-order chi connectivity index (χ1) is 19.1. The standard InChI is InChI=1S/C34H46N2O3Si/c1-24(2)40(25(3)4,26(5)6)39-33-31(22-29-18-14-15-27(7)21-29)32(37)36(30-19-12-9-13-20-30)34(38)35(33)23-28-16-10-8-11-17-28/h8-20,24-27,32,37H,21-23H2,1-7H3. The lowest BCUT2D eigenvalue weighted by molar-refractivity contribution is 0.125. The Bertz CT molecular complexity index is 1230. The molecule has 1 aliphatic carbocycles. The van der Waals surface area contributed by atoms with E-state index in [9.17, 15) is 9.90 Å². The molecule has 0 aromatic heterocycles. The molecule has 1 N–H and O–H groups in total. The van der Waals surface area contributed by atoms with Crippen LogP contribution in [0.5, 0.6) is 0 Å². The topological polar surface area (TPSA) is 53.0 Å². The molecule has 2 unspecified atom stereocenters.